The van der Waals surface area contributed by atoms with Crippen LogP contribution < -0.4 is 10.1 Å². The predicted molar refractivity (Wildman–Crippen MR) is 135 cm³/mol. The molecule has 2 amide bonds. The number of hydrogen-bond donors (Lipinski definition) is 1. The van der Waals surface area contributed by atoms with Gasteiger partial charge in [-0.2, -0.15) is 4.68 Å². The Morgan fingerprint density at radius 3 is 2.49 bits per heavy atom. The number of thiazole rings is 1. The van der Waals surface area contributed by atoms with Gasteiger partial charge in [-0.05, 0) is 75.1 Å². The standard InChI is InChI=1S/C26H27F3N6O3S/c1-13(31-23(36)17-9-16(14-3-4-14)10-19(11-17)38-26(27,28)29)22-32-21(15-5-6-15)33-35(22)25-30-12-20(39-25)24(37)34(2)18-7-8-18/h9-15,18H,3-8H2,1-2H3,(H,31,36)/t13-/m0/s1. The van der Waals surface area contributed by atoms with Crippen molar-refractivity contribution in [3.05, 3.63) is 52.0 Å². The highest BCUT2D eigenvalue weighted by Crippen LogP contribution is 2.42. The van der Waals surface area contributed by atoms with E-state index in [1.165, 1.54) is 23.6 Å². The molecule has 1 aromatic carbocycles. The second-order valence-corrected chi connectivity index (χ2v) is 11.5. The Balaban J connectivity index is 1.25. The van der Waals surface area contributed by atoms with E-state index in [9.17, 15) is 22.8 Å². The molecule has 3 aliphatic rings. The summed E-state index contributed by atoms with van der Waals surface area (Å²) >= 11 is 1.20. The Kier molecular flexibility index (Phi) is 6.35. The zero-order valence-electron chi connectivity index (χ0n) is 21.4. The lowest BCUT2D eigenvalue weighted by Crippen LogP contribution is -2.29. The van der Waals surface area contributed by atoms with Gasteiger partial charge in [0.1, 0.15) is 10.6 Å². The molecule has 0 radical (unpaired) electrons. The van der Waals surface area contributed by atoms with Crippen molar-refractivity contribution in [1.82, 2.24) is 30.0 Å². The smallest absolute Gasteiger partial charge is 0.406 e. The van der Waals surface area contributed by atoms with Crippen LogP contribution in [0, 0.1) is 0 Å². The molecule has 2 aromatic heterocycles. The molecule has 0 saturated heterocycles. The molecule has 1 N–H and O–H groups in total. The fourth-order valence-corrected chi connectivity index (χ4v) is 5.34. The largest absolute Gasteiger partial charge is 0.573 e. The molecule has 3 saturated carbocycles. The minimum Gasteiger partial charge on any atom is -0.406 e. The Labute approximate surface area is 226 Å². The van der Waals surface area contributed by atoms with E-state index in [1.807, 2.05) is 0 Å². The van der Waals surface area contributed by atoms with Crippen molar-refractivity contribution in [2.75, 3.05) is 7.05 Å². The van der Waals surface area contributed by atoms with E-state index in [2.05, 4.69) is 25.1 Å². The van der Waals surface area contributed by atoms with Crippen LogP contribution in [0.1, 0.15) is 101 Å². The molecule has 13 heteroatoms. The van der Waals surface area contributed by atoms with Crippen molar-refractivity contribution in [3.8, 4) is 10.9 Å². The molecular formula is C26H27F3N6O3S. The molecule has 2 heterocycles. The Hall–Kier alpha value is -3.48. The van der Waals surface area contributed by atoms with Crippen molar-refractivity contribution in [2.45, 2.75) is 75.7 Å². The summed E-state index contributed by atoms with van der Waals surface area (Å²) in [5, 5.41) is 7.94. The van der Waals surface area contributed by atoms with Gasteiger partial charge >= 0.3 is 6.36 Å². The van der Waals surface area contributed by atoms with Gasteiger partial charge in [-0.1, -0.05) is 11.3 Å². The summed E-state index contributed by atoms with van der Waals surface area (Å²) in [5.74, 6) is 0.350. The predicted octanol–water partition coefficient (Wildman–Crippen LogP) is 5.10. The zero-order valence-corrected chi connectivity index (χ0v) is 22.2. The molecule has 206 valence electrons. The van der Waals surface area contributed by atoms with Crippen LogP contribution in [0.2, 0.25) is 0 Å². The molecule has 9 nitrogen and oxygen atoms in total. The first-order valence-electron chi connectivity index (χ1n) is 13.0. The van der Waals surface area contributed by atoms with E-state index in [0.717, 1.165) is 44.6 Å². The number of amides is 2. The third-order valence-electron chi connectivity index (χ3n) is 7.10. The topological polar surface area (TPSA) is 102 Å². The minimum absolute atomic E-state index is 0.0734. The molecule has 39 heavy (non-hydrogen) atoms. The first-order chi connectivity index (χ1) is 18.6. The molecule has 0 bridgehead atoms. The second-order valence-electron chi connectivity index (χ2n) is 10.5. The van der Waals surface area contributed by atoms with Crippen LogP contribution in [-0.2, 0) is 0 Å². The van der Waals surface area contributed by atoms with E-state index in [1.54, 1.807) is 29.6 Å². The zero-order chi connectivity index (χ0) is 27.5. The van der Waals surface area contributed by atoms with Crippen molar-refractivity contribution in [1.29, 1.82) is 0 Å². The summed E-state index contributed by atoms with van der Waals surface area (Å²) in [7, 11) is 1.78. The normalized spacial score (nSPS) is 18.1. The molecular weight excluding hydrogens is 533 g/mol. The summed E-state index contributed by atoms with van der Waals surface area (Å²) in [6, 6.07) is 3.66. The summed E-state index contributed by atoms with van der Waals surface area (Å²) < 4.78 is 44.4. The maximum Gasteiger partial charge on any atom is 0.573 e. The van der Waals surface area contributed by atoms with Gasteiger partial charge in [0.05, 0.1) is 12.2 Å². The van der Waals surface area contributed by atoms with Crippen molar-refractivity contribution >= 4 is 23.2 Å². The average molecular weight is 561 g/mol. The summed E-state index contributed by atoms with van der Waals surface area (Å²) in [5.41, 5.74) is 0.717. The summed E-state index contributed by atoms with van der Waals surface area (Å²) in [6.07, 6.45) is 2.30. The number of carbonyl (C=O) groups is 2. The average Bonchev–Trinajstić information content (AvgIpc) is 3.76. The van der Waals surface area contributed by atoms with E-state index in [4.69, 9.17) is 0 Å². The molecule has 3 aliphatic carbocycles. The number of nitrogens with zero attached hydrogens (tertiary/aromatic N) is 5. The van der Waals surface area contributed by atoms with Crippen LogP contribution in [0.5, 0.6) is 5.75 Å². The quantitative estimate of drug-likeness (QED) is 0.391. The number of benzene rings is 1. The number of halogens is 3. The van der Waals surface area contributed by atoms with Crippen molar-refractivity contribution in [3.63, 3.8) is 0 Å². The van der Waals surface area contributed by atoms with Gasteiger partial charge in [0.25, 0.3) is 11.8 Å². The van der Waals surface area contributed by atoms with Gasteiger partial charge in [-0.15, -0.1) is 18.3 Å². The fourth-order valence-electron chi connectivity index (χ4n) is 4.48. The van der Waals surface area contributed by atoms with E-state index < -0.39 is 24.1 Å². The number of hydrogen-bond acceptors (Lipinski definition) is 7. The van der Waals surface area contributed by atoms with Crippen LogP contribution in [0.4, 0.5) is 13.2 Å². The fraction of sp³-hybridized carbons (Fsp3) is 0.500. The van der Waals surface area contributed by atoms with E-state index in [-0.39, 0.29) is 29.3 Å². The van der Waals surface area contributed by atoms with Crippen LogP contribution in [0.3, 0.4) is 0 Å². The first kappa shape index (κ1) is 25.8. The molecule has 0 unspecified atom stereocenters. The van der Waals surface area contributed by atoms with Crippen LogP contribution in [0.15, 0.2) is 24.4 Å². The third kappa shape index (κ3) is 5.77. The Morgan fingerprint density at radius 1 is 1.13 bits per heavy atom. The SMILES string of the molecule is C[C@H](NC(=O)c1cc(OC(F)(F)F)cc(C2CC2)c1)c1nc(C2CC2)nn1-c1ncc(C(=O)N(C)C2CC2)s1. The second kappa shape index (κ2) is 9.61. The van der Waals surface area contributed by atoms with Gasteiger partial charge in [-0.3, -0.25) is 9.59 Å². The van der Waals surface area contributed by atoms with Gasteiger partial charge in [0.2, 0.25) is 5.13 Å². The van der Waals surface area contributed by atoms with Gasteiger partial charge in [-0.25, -0.2) is 9.97 Å². The molecule has 0 aliphatic heterocycles. The number of ether oxygens (including phenoxy) is 1. The lowest BCUT2D eigenvalue weighted by atomic mass is 10.1. The lowest BCUT2D eigenvalue weighted by molar-refractivity contribution is -0.274. The van der Waals surface area contributed by atoms with Crippen LogP contribution >= 0.6 is 11.3 Å². The monoisotopic (exact) mass is 560 g/mol. The first-order valence-corrected chi connectivity index (χ1v) is 13.8. The van der Waals surface area contributed by atoms with Gasteiger partial charge in [0, 0.05) is 24.6 Å². The maximum absolute atomic E-state index is 13.2. The lowest BCUT2D eigenvalue weighted by Gasteiger charge is -2.16. The van der Waals surface area contributed by atoms with Crippen molar-refractivity contribution < 1.29 is 27.5 Å². The highest BCUT2D eigenvalue weighted by Gasteiger charge is 2.35. The van der Waals surface area contributed by atoms with E-state index >= 15 is 0 Å². The number of nitrogens with one attached hydrogen (secondary N) is 1. The summed E-state index contributed by atoms with van der Waals surface area (Å²) in [4.78, 5) is 37.3. The number of alkyl halides is 3. The highest BCUT2D eigenvalue weighted by molar-refractivity contribution is 7.16. The van der Waals surface area contributed by atoms with Crippen LogP contribution in [0.25, 0.3) is 5.13 Å². The number of carbonyl (C=O) groups excluding carboxylic acids is 2. The number of rotatable bonds is 9. The van der Waals surface area contributed by atoms with Crippen molar-refractivity contribution in [2.24, 2.45) is 0 Å². The third-order valence-corrected chi connectivity index (χ3v) is 8.06. The van der Waals surface area contributed by atoms with Crippen LogP contribution in [-0.4, -0.2) is 55.9 Å². The Morgan fingerprint density at radius 2 is 1.85 bits per heavy atom. The van der Waals surface area contributed by atoms with E-state index in [0.29, 0.717) is 27.2 Å². The summed E-state index contributed by atoms with van der Waals surface area (Å²) in [6.45, 7) is 1.73. The van der Waals surface area contributed by atoms with Gasteiger partial charge in [0.15, 0.2) is 11.6 Å². The maximum atomic E-state index is 13.2. The minimum atomic E-state index is -4.86. The number of aromatic nitrogens is 4. The Bertz CT molecular complexity index is 1420. The molecule has 1 atom stereocenters. The molecule has 0 spiro atoms. The molecule has 3 aromatic rings. The highest BCUT2D eigenvalue weighted by atomic mass is 32.1. The molecule has 6 rings (SSSR count). The van der Waals surface area contributed by atoms with Gasteiger partial charge < -0.3 is 15.0 Å². The molecule has 3 fully saturated rings.